The summed E-state index contributed by atoms with van der Waals surface area (Å²) in [5.74, 6) is -1.88. The fraction of sp³-hybridized carbons (Fsp3) is 0.421. The van der Waals surface area contributed by atoms with Gasteiger partial charge in [0.2, 0.25) is 5.91 Å². The highest BCUT2D eigenvalue weighted by Crippen LogP contribution is 2.46. The van der Waals surface area contributed by atoms with Crippen LogP contribution < -0.4 is 5.32 Å². The average Bonchev–Trinajstić information content (AvgIpc) is 3.03. The lowest BCUT2D eigenvalue weighted by molar-refractivity contribution is -0.385. The van der Waals surface area contributed by atoms with Crippen molar-refractivity contribution < 1.29 is 34.3 Å². The molecule has 0 spiro atoms. The van der Waals surface area contributed by atoms with Crippen LogP contribution in [0.3, 0.4) is 0 Å². The normalized spacial score (nSPS) is 20.7. The molecule has 3 atom stereocenters. The number of carbonyl (C=O) groups excluding carboxylic acids is 2. The van der Waals surface area contributed by atoms with E-state index in [0.717, 1.165) is 0 Å². The van der Waals surface area contributed by atoms with Gasteiger partial charge in [-0.05, 0) is 13.0 Å². The number of carboxylic acids is 1. The van der Waals surface area contributed by atoms with Crippen molar-refractivity contribution in [3.63, 3.8) is 0 Å². The molecule has 0 saturated carbocycles. The largest absolute Gasteiger partial charge is 0.477 e. The Balaban J connectivity index is 1.47. The number of benzene rings is 1. The van der Waals surface area contributed by atoms with Gasteiger partial charge in [-0.1, -0.05) is 12.1 Å². The molecule has 2 aliphatic heterocycles. The van der Waals surface area contributed by atoms with E-state index in [-0.39, 0.29) is 36.1 Å². The number of para-hydroxylation sites is 1. The molecule has 3 N–H and O–H groups in total. The van der Waals surface area contributed by atoms with Crippen molar-refractivity contribution in [2.45, 2.75) is 32.1 Å². The lowest BCUT2D eigenvalue weighted by Crippen LogP contribution is -2.61. The highest BCUT2D eigenvalue weighted by Gasteiger charge is 2.56. The van der Waals surface area contributed by atoms with Gasteiger partial charge in [0.1, 0.15) is 12.3 Å². The predicted molar refractivity (Wildman–Crippen MR) is 109 cm³/mol. The zero-order valence-corrected chi connectivity index (χ0v) is 17.3. The number of alkyl carbamates (subject to hydrolysis) is 1. The maximum atomic E-state index is 12.2. The number of aliphatic carboxylic acids is 1. The van der Waals surface area contributed by atoms with Gasteiger partial charge in [-0.25, -0.2) is 9.59 Å². The Hall–Kier alpha value is -3.12. The van der Waals surface area contributed by atoms with Gasteiger partial charge in [0.25, 0.3) is 5.69 Å². The van der Waals surface area contributed by atoms with E-state index >= 15 is 0 Å². The van der Waals surface area contributed by atoms with Crippen molar-refractivity contribution in [1.82, 2.24) is 10.2 Å². The minimum atomic E-state index is -1.21. The molecule has 0 radical (unpaired) electrons. The van der Waals surface area contributed by atoms with Crippen LogP contribution in [0.5, 0.6) is 0 Å². The van der Waals surface area contributed by atoms with Gasteiger partial charge >= 0.3 is 12.1 Å². The Kier molecular flexibility index (Phi) is 6.81. The van der Waals surface area contributed by atoms with Crippen LogP contribution in [-0.4, -0.2) is 62.4 Å². The van der Waals surface area contributed by atoms with Crippen molar-refractivity contribution in [2.75, 3.05) is 12.3 Å². The number of ether oxygens (including phenoxy) is 1. The summed E-state index contributed by atoms with van der Waals surface area (Å²) in [4.78, 5) is 47.7. The molecule has 1 saturated heterocycles. The van der Waals surface area contributed by atoms with Crippen molar-refractivity contribution in [3.05, 3.63) is 50.5 Å². The summed E-state index contributed by atoms with van der Waals surface area (Å²) in [5, 5.41) is 32.7. The minimum absolute atomic E-state index is 0.0733. The number of thioether (sulfide) groups is 1. The molecule has 2 aliphatic rings. The van der Waals surface area contributed by atoms with E-state index in [1.165, 1.54) is 41.8 Å². The number of hydrogen-bond acceptors (Lipinski definition) is 8. The molecule has 2 heterocycles. The number of fused-ring (bicyclic) bond motifs is 1. The molecule has 3 rings (SSSR count). The number of amides is 2. The number of carbonyl (C=O) groups is 3. The van der Waals surface area contributed by atoms with Gasteiger partial charge in [0.15, 0.2) is 0 Å². The summed E-state index contributed by atoms with van der Waals surface area (Å²) in [6.07, 6.45) is -1.27. The average molecular weight is 451 g/mol. The number of β-lactam (4-membered cyclic amide) rings is 1. The van der Waals surface area contributed by atoms with E-state index in [0.29, 0.717) is 17.1 Å². The molecule has 31 heavy (non-hydrogen) atoms. The van der Waals surface area contributed by atoms with Gasteiger partial charge in [-0.2, -0.15) is 0 Å². The molecule has 2 amide bonds. The zero-order valence-electron chi connectivity index (χ0n) is 16.5. The summed E-state index contributed by atoms with van der Waals surface area (Å²) >= 11 is 1.21. The number of nitrogens with one attached hydrogen (secondary N) is 1. The van der Waals surface area contributed by atoms with E-state index in [1.807, 2.05) is 0 Å². The quantitative estimate of drug-likeness (QED) is 0.219. The summed E-state index contributed by atoms with van der Waals surface area (Å²) in [7, 11) is 0. The number of nitro benzene ring substituents is 1. The first-order chi connectivity index (χ1) is 14.7. The molecular formula is C19H21N3O8S. The Labute approximate surface area is 181 Å². The zero-order chi connectivity index (χ0) is 22.7. The minimum Gasteiger partial charge on any atom is -0.477 e. The van der Waals surface area contributed by atoms with Crippen molar-refractivity contribution >= 4 is 35.4 Å². The van der Waals surface area contributed by atoms with Gasteiger partial charge < -0.3 is 25.2 Å². The Morgan fingerprint density at radius 3 is 2.77 bits per heavy atom. The monoisotopic (exact) mass is 451 g/mol. The van der Waals surface area contributed by atoms with Crippen molar-refractivity contribution in [2.24, 2.45) is 5.92 Å². The number of nitro groups is 1. The maximum absolute atomic E-state index is 12.2. The molecule has 11 nitrogen and oxygen atoms in total. The van der Waals surface area contributed by atoms with E-state index in [4.69, 9.17) is 4.74 Å². The van der Waals surface area contributed by atoms with Crippen LogP contribution in [0.4, 0.5) is 10.5 Å². The lowest BCUT2D eigenvalue weighted by Gasteiger charge is -2.44. The van der Waals surface area contributed by atoms with Gasteiger partial charge in [-0.3, -0.25) is 14.9 Å². The predicted octanol–water partition coefficient (Wildman–Crippen LogP) is 1.46. The van der Waals surface area contributed by atoms with Crippen LogP contribution in [0.1, 0.15) is 18.9 Å². The summed E-state index contributed by atoms with van der Waals surface area (Å²) in [6.45, 7) is 1.41. The molecule has 0 aromatic heterocycles. The summed E-state index contributed by atoms with van der Waals surface area (Å²) in [5.41, 5.74) is 0.0480. The molecule has 1 aromatic carbocycles. The molecule has 1 fully saturated rings. The van der Waals surface area contributed by atoms with Gasteiger partial charge in [0, 0.05) is 29.7 Å². The molecule has 1 aromatic rings. The summed E-state index contributed by atoms with van der Waals surface area (Å²) < 4.78 is 5.00. The fourth-order valence-electron chi connectivity index (χ4n) is 3.69. The van der Waals surface area contributed by atoms with Crippen molar-refractivity contribution in [1.29, 1.82) is 0 Å². The lowest BCUT2D eigenvalue weighted by atomic mass is 9.83. The van der Waals surface area contributed by atoms with Crippen LogP contribution in [0.25, 0.3) is 0 Å². The second-order valence-electron chi connectivity index (χ2n) is 7.06. The molecule has 0 unspecified atom stereocenters. The molecule has 0 bridgehead atoms. The SMILES string of the molecule is C[C@@H](O)[C@H]1C(=O)N2C(C(=O)O)=C(SCCNC(=O)OCc3ccccc3[N+](=O)[O-])C[C@H]12. The number of hydrogen-bond donors (Lipinski definition) is 3. The Morgan fingerprint density at radius 2 is 2.13 bits per heavy atom. The van der Waals surface area contributed by atoms with Crippen LogP contribution in [0.15, 0.2) is 34.9 Å². The highest BCUT2D eigenvalue weighted by molar-refractivity contribution is 8.03. The van der Waals surface area contributed by atoms with E-state index in [2.05, 4.69) is 5.32 Å². The van der Waals surface area contributed by atoms with E-state index in [9.17, 15) is 34.7 Å². The molecule has 166 valence electrons. The number of aliphatic hydroxyl groups excluding tert-OH is 1. The summed E-state index contributed by atoms with van der Waals surface area (Å²) in [6, 6.07) is 5.57. The van der Waals surface area contributed by atoms with Crippen molar-refractivity contribution in [3.8, 4) is 0 Å². The van der Waals surface area contributed by atoms with Crippen LogP contribution in [0, 0.1) is 16.0 Å². The van der Waals surface area contributed by atoms with Gasteiger partial charge in [0.05, 0.1) is 28.6 Å². The van der Waals surface area contributed by atoms with Gasteiger partial charge in [-0.15, -0.1) is 11.8 Å². The third-order valence-electron chi connectivity index (χ3n) is 5.09. The standard InChI is InChI=1S/C19H21N3O8S/c1-10(23)15-13-8-14(16(18(25)26)21(13)17(15)24)31-7-6-20-19(27)30-9-11-4-2-3-5-12(11)22(28)29/h2-5,10,13,15,23H,6-9H2,1H3,(H,20,27)(H,25,26)/t10-,13-,15-/m1/s1. The molecular weight excluding hydrogens is 430 g/mol. The smallest absolute Gasteiger partial charge is 0.407 e. The first kappa shape index (κ1) is 22.6. The second-order valence-corrected chi connectivity index (χ2v) is 8.25. The first-order valence-corrected chi connectivity index (χ1v) is 10.4. The van der Waals surface area contributed by atoms with E-state index in [1.54, 1.807) is 6.07 Å². The third kappa shape index (κ3) is 4.64. The van der Waals surface area contributed by atoms with Crippen LogP contribution in [0.2, 0.25) is 0 Å². The number of carboxylic acid groups (broad SMARTS) is 1. The fourth-order valence-corrected chi connectivity index (χ4v) is 4.75. The molecule has 12 heteroatoms. The Bertz CT molecular complexity index is 948. The van der Waals surface area contributed by atoms with Crippen LogP contribution >= 0.6 is 11.8 Å². The topological polar surface area (TPSA) is 159 Å². The maximum Gasteiger partial charge on any atom is 0.407 e. The van der Waals surface area contributed by atoms with Crippen LogP contribution in [-0.2, 0) is 20.9 Å². The second kappa shape index (κ2) is 9.35. The number of rotatable bonds is 9. The first-order valence-electron chi connectivity index (χ1n) is 9.45. The van der Waals surface area contributed by atoms with E-state index < -0.39 is 34.9 Å². The molecule has 0 aliphatic carbocycles. The number of aliphatic hydroxyl groups is 1. The number of nitrogens with zero attached hydrogens (tertiary/aromatic N) is 2. The highest BCUT2D eigenvalue weighted by atomic mass is 32.2. The third-order valence-corrected chi connectivity index (χ3v) is 6.20. The Morgan fingerprint density at radius 1 is 1.42 bits per heavy atom.